The van der Waals surface area contributed by atoms with Gasteiger partial charge in [0.2, 0.25) is 0 Å². The van der Waals surface area contributed by atoms with Crippen LogP contribution in [0.5, 0.6) is 0 Å². The van der Waals surface area contributed by atoms with E-state index in [9.17, 15) is 9.90 Å². The summed E-state index contributed by atoms with van der Waals surface area (Å²) in [6.45, 7) is 0.332. The molecule has 3 rings (SSSR count). The Morgan fingerprint density at radius 2 is 1.86 bits per heavy atom. The molecule has 4 heteroatoms. The summed E-state index contributed by atoms with van der Waals surface area (Å²) >= 11 is 6.09. The lowest BCUT2D eigenvalue weighted by molar-refractivity contribution is -0.130. The molecule has 0 amide bonds. The monoisotopic (exact) mass is 297 g/mol. The fourth-order valence-electron chi connectivity index (χ4n) is 2.42. The van der Waals surface area contributed by atoms with Gasteiger partial charge < -0.3 is 5.11 Å². The minimum atomic E-state index is -0.955. The summed E-state index contributed by atoms with van der Waals surface area (Å²) in [5, 5.41) is 9.94. The summed E-state index contributed by atoms with van der Waals surface area (Å²) in [6, 6.07) is 14.9. The Morgan fingerprint density at radius 1 is 1.10 bits per heavy atom. The van der Waals surface area contributed by atoms with Gasteiger partial charge in [0.05, 0.1) is 17.8 Å². The molecular formula is C17H12ClNO2. The van der Waals surface area contributed by atoms with Gasteiger partial charge in [-0.1, -0.05) is 48.0 Å². The first kappa shape index (κ1) is 13.6. The van der Waals surface area contributed by atoms with Crippen LogP contribution >= 0.6 is 11.6 Å². The minimum Gasteiger partial charge on any atom is -0.478 e. The van der Waals surface area contributed by atoms with Crippen molar-refractivity contribution in [3.05, 3.63) is 76.3 Å². The molecule has 1 aliphatic rings. The molecule has 21 heavy (non-hydrogen) atoms. The number of benzene rings is 2. The number of hydrogen-bond donors (Lipinski definition) is 1. The number of hydrogen-bond acceptors (Lipinski definition) is 2. The van der Waals surface area contributed by atoms with E-state index in [0.29, 0.717) is 17.1 Å². The first-order chi connectivity index (χ1) is 10.2. The quantitative estimate of drug-likeness (QED) is 0.919. The van der Waals surface area contributed by atoms with Crippen LogP contribution in [0.1, 0.15) is 16.7 Å². The van der Waals surface area contributed by atoms with Crippen LogP contribution in [-0.2, 0) is 4.79 Å². The highest BCUT2D eigenvalue weighted by Crippen LogP contribution is 2.28. The molecule has 0 fully saturated rings. The average molecular weight is 298 g/mol. The Labute approximate surface area is 127 Å². The third-order valence-electron chi connectivity index (χ3n) is 3.35. The van der Waals surface area contributed by atoms with E-state index in [1.54, 1.807) is 24.3 Å². The molecule has 0 radical (unpaired) electrons. The highest BCUT2D eigenvalue weighted by Gasteiger charge is 2.20. The third-order valence-corrected chi connectivity index (χ3v) is 3.58. The van der Waals surface area contributed by atoms with E-state index < -0.39 is 5.97 Å². The second kappa shape index (κ2) is 5.54. The summed E-state index contributed by atoms with van der Waals surface area (Å²) in [5.74, 6) is -0.955. The maximum atomic E-state index is 11.4. The van der Waals surface area contributed by atoms with E-state index in [0.717, 1.165) is 16.8 Å². The number of carboxylic acids is 1. The zero-order chi connectivity index (χ0) is 14.8. The molecule has 2 aromatic carbocycles. The standard InChI is InChI=1S/C17H12ClNO2/c18-12-6-7-13-14(17(20)21)8-9-19-16(15(13)10-12)11-4-2-1-3-5-11/h1-8,10H,9H2,(H,20,21). The zero-order valence-electron chi connectivity index (χ0n) is 11.1. The zero-order valence-corrected chi connectivity index (χ0v) is 11.8. The molecule has 0 unspecified atom stereocenters. The molecule has 1 aliphatic heterocycles. The molecule has 0 aromatic heterocycles. The lowest BCUT2D eigenvalue weighted by Gasteiger charge is -2.11. The lowest BCUT2D eigenvalue weighted by Crippen LogP contribution is -2.08. The molecule has 3 nitrogen and oxygen atoms in total. The van der Waals surface area contributed by atoms with Gasteiger partial charge in [-0.15, -0.1) is 0 Å². The Morgan fingerprint density at radius 3 is 2.57 bits per heavy atom. The largest absolute Gasteiger partial charge is 0.478 e. The van der Waals surface area contributed by atoms with Crippen molar-refractivity contribution in [3.63, 3.8) is 0 Å². The van der Waals surface area contributed by atoms with Crippen molar-refractivity contribution in [2.24, 2.45) is 4.99 Å². The third kappa shape index (κ3) is 2.60. The van der Waals surface area contributed by atoms with Crippen molar-refractivity contribution in [1.29, 1.82) is 0 Å². The summed E-state index contributed by atoms with van der Waals surface area (Å²) in [4.78, 5) is 16.0. The second-order valence-electron chi connectivity index (χ2n) is 4.67. The van der Waals surface area contributed by atoms with Crippen molar-refractivity contribution in [1.82, 2.24) is 0 Å². The van der Waals surface area contributed by atoms with E-state index in [1.165, 1.54) is 0 Å². The van der Waals surface area contributed by atoms with Crippen molar-refractivity contribution in [2.45, 2.75) is 0 Å². The predicted molar refractivity (Wildman–Crippen MR) is 84.0 cm³/mol. The first-order valence-electron chi connectivity index (χ1n) is 6.50. The van der Waals surface area contributed by atoms with Crippen LogP contribution in [0.2, 0.25) is 5.02 Å². The number of carboxylic acid groups (broad SMARTS) is 1. The fraction of sp³-hybridized carbons (Fsp3) is 0.0588. The topological polar surface area (TPSA) is 49.7 Å². The first-order valence-corrected chi connectivity index (χ1v) is 6.88. The van der Waals surface area contributed by atoms with Gasteiger partial charge in [0.15, 0.2) is 0 Å². The van der Waals surface area contributed by atoms with Gasteiger partial charge in [0, 0.05) is 16.1 Å². The van der Waals surface area contributed by atoms with E-state index >= 15 is 0 Å². The summed E-state index contributed by atoms with van der Waals surface area (Å²) in [6.07, 6.45) is 1.63. The Hall–Kier alpha value is -2.39. The molecular weight excluding hydrogens is 286 g/mol. The van der Waals surface area contributed by atoms with Crippen LogP contribution in [0, 0.1) is 0 Å². The van der Waals surface area contributed by atoms with Crippen molar-refractivity contribution >= 4 is 28.9 Å². The molecule has 0 saturated heterocycles. The number of aliphatic imine (C=N–C) groups is 1. The summed E-state index contributed by atoms with van der Waals surface area (Å²) < 4.78 is 0. The maximum Gasteiger partial charge on any atom is 0.336 e. The van der Waals surface area contributed by atoms with Crippen molar-refractivity contribution in [2.75, 3.05) is 6.54 Å². The van der Waals surface area contributed by atoms with Crippen molar-refractivity contribution < 1.29 is 9.90 Å². The smallest absolute Gasteiger partial charge is 0.336 e. The molecule has 0 spiro atoms. The number of fused-ring (bicyclic) bond motifs is 1. The Bertz CT molecular complexity index is 764. The molecule has 0 bridgehead atoms. The van der Waals surface area contributed by atoms with Gasteiger partial charge in [0.25, 0.3) is 0 Å². The van der Waals surface area contributed by atoms with Crippen LogP contribution in [0.4, 0.5) is 0 Å². The van der Waals surface area contributed by atoms with Crippen LogP contribution in [0.25, 0.3) is 5.57 Å². The number of carbonyl (C=O) groups is 1. The number of rotatable bonds is 2. The van der Waals surface area contributed by atoms with Gasteiger partial charge in [-0.25, -0.2) is 4.79 Å². The second-order valence-corrected chi connectivity index (χ2v) is 5.10. The van der Waals surface area contributed by atoms with E-state index in [2.05, 4.69) is 4.99 Å². The molecule has 0 atom stereocenters. The maximum absolute atomic E-state index is 11.4. The number of aliphatic carboxylic acids is 1. The molecule has 104 valence electrons. The number of nitrogens with zero attached hydrogens (tertiary/aromatic N) is 1. The van der Waals surface area contributed by atoms with Crippen LogP contribution in [0.15, 0.2) is 59.6 Å². The lowest BCUT2D eigenvalue weighted by atomic mass is 9.94. The normalized spacial score (nSPS) is 13.8. The minimum absolute atomic E-state index is 0.261. The van der Waals surface area contributed by atoms with Crippen LogP contribution in [-0.4, -0.2) is 23.3 Å². The summed E-state index contributed by atoms with van der Waals surface area (Å²) in [7, 11) is 0. The molecule has 1 heterocycles. The van der Waals surface area contributed by atoms with E-state index in [-0.39, 0.29) is 5.57 Å². The highest BCUT2D eigenvalue weighted by molar-refractivity contribution is 6.32. The molecule has 2 aromatic rings. The molecule has 1 N–H and O–H groups in total. The van der Waals surface area contributed by atoms with E-state index in [4.69, 9.17) is 11.6 Å². The van der Waals surface area contributed by atoms with Crippen LogP contribution in [0.3, 0.4) is 0 Å². The van der Waals surface area contributed by atoms with Gasteiger partial charge in [-0.05, 0) is 23.8 Å². The average Bonchev–Trinajstić information content (AvgIpc) is 2.67. The van der Waals surface area contributed by atoms with E-state index in [1.807, 2.05) is 30.3 Å². The van der Waals surface area contributed by atoms with Gasteiger partial charge in [0.1, 0.15) is 0 Å². The van der Waals surface area contributed by atoms with Gasteiger partial charge >= 0.3 is 5.97 Å². The fourth-order valence-corrected chi connectivity index (χ4v) is 2.59. The summed E-state index contributed by atoms with van der Waals surface area (Å²) in [5.41, 5.74) is 3.37. The van der Waals surface area contributed by atoms with Gasteiger partial charge in [-0.3, -0.25) is 4.99 Å². The van der Waals surface area contributed by atoms with Crippen molar-refractivity contribution in [3.8, 4) is 0 Å². The SMILES string of the molecule is O=C(O)C1=CCN=C(c2ccccc2)c2cc(Cl)ccc21. The van der Waals surface area contributed by atoms with Gasteiger partial charge in [-0.2, -0.15) is 0 Å². The Balaban J connectivity index is 2.23. The highest BCUT2D eigenvalue weighted by atomic mass is 35.5. The number of halogens is 1. The molecule has 0 saturated carbocycles. The van der Waals surface area contributed by atoms with Crippen LogP contribution < -0.4 is 0 Å². The Kier molecular flexibility index (Phi) is 3.59. The predicted octanol–water partition coefficient (Wildman–Crippen LogP) is 3.66. The molecule has 0 aliphatic carbocycles.